The van der Waals surface area contributed by atoms with Gasteiger partial charge in [0.25, 0.3) is 5.69 Å². The normalized spacial score (nSPS) is 14.2. The summed E-state index contributed by atoms with van der Waals surface area (Å²) in [5.74, 6) is 0. The molecule has 0 spiro atoms. The van der Waals surface area contributed by atoms with Crippen LogP contribution in [0.3, 0.4) is 0 Å². The molecule has 0 aliphatic carbocycles. The molecule has 0 aromatic heterocycles. The number of nitrogens with one attached hydrogen (secondary N) is 1. The lowest BCUT2D eigenvalue weighted by atomic mass is 10.0. The van der Waals surface area contributed by atoms with Crippen LogP contribution in [0.5, 0.6) is 0 Å². The summed E-state index contributed by atoms with van der Waals surface area (Å²) in [4.78, 5) is 10.3. The van der Waals surface area contributed by atoms with E-state index in [0.29, 0.717) is 17.4 Å². The van der Waals surface area contributed by atoms with E-state index in [1.54, 1.807) is 13.1 Å². The Morgan fingerprint density at radius 2 is 2.17 bits per heavy atom. The first-order chi connectivity index (χ1) is 8.47. The Morgan fingerprint density at radius 3 is 2.72 bits per heavy atom. The van der Waals surface area contributed by atoms with Gasteiger partial charge in [-0.25, -0.2) is 0 Å². The van der Waals surface area contributed by atoms with Gasteiger partial charge >= 0.3 is 0 Å². The summed E-state index contributed by atoms with van der Waals surface area (Å²) in [5, 5.41) is 33.4. The minimum Gasteiger partial charge on any atom is -0.390 e. The molecule has 1 rings (SSSR count). The zero-order chi connectivity index (χ0) is 13.7. The van der Waals surface area contributed by atoms with E-state index < -0.39 is 17.1 Å². The predicted octanol–water partition coefficient (Wildman–Crippen LogP) is 1.36. The van der Waals surface area contributed by atoms with Gasteiger partial charge in [-0.2, -0.15) is 0 Å². The molecule has 2 atom stereocenters. The van der Waals surface area contributed by atoms with Gasteiger partial charge in [-0.05, 0) is 32.1 Å². The van der Waals surface area contributed by atoms with Crippen molar-refractivity contribution in [3.05, 3.63) is 38.3 Å². The highest BCUT2D eigenvalue weighted by atomic mass is 79.9. The van der Waals surface area contributed by atoms with E-state index in [-0.39, 0.29) is 11.3 Å². The fraction of sp³-hybridized carbons (Fsp3) is 0.455. The summed E-state index contributed by atoms with van der Waals surface area (Å²) in [6.07, 6.45) is -2.01. The molecule has 100 valence electrons. The molecule has 1 aromatic carbocycles. The van der Waals surface area contributed by atoms with Gasteiger partial charge in [-0.1, -0.05) is 15.9 Å². The third-order valence-corrected chi connectivity index (χ3v) is 3.06. The minimum absolute atomic E-state index is 0.117. The van der Waals surface area contributed by atoms with Crippen molar-refractivity contribution >= 4 is 21.6 Å². The Morgan fingerprint density at radius 1 is 1.50 bits per heavy atom. The predicted molar refractivity (Wildman–Crippen MR) is 70.3 cm³/mol. The Balaban J connectivity index is 2.97. The van der Waals surface area contributed by atoms with E-state index in [9.17, 15) is 20.3 Å². The van der Waals surface area contributed by atoms with E-state index in [4.69, 9.17) is 0 Å². The Kier molecular flexibility index (Phi) is 5.67. The monoisotopic (exact) mass is 318 g/mol. The summed E-state index contributed by atoms with van der Waals surface area (Å²) < 4.78 is 0.551. The van der Waals surface area contributed by atoms with E-state index in [1.165, 1.54) is 12.1 Å². The van der Waals surface area contributed by atoms with Crippen LogP contribution < -0.4 is 5.32 Å². The SMILES string of the molecule is CNCCC(O)C(O)c1ccc(Br)cc1[N+](=O)[O-]. The molecule has 0 aliphatic rings. The number of hydrogen-bond donors (Lipinski definition) is 3. The van der Waals surface area contributed by atoms with Crippen LogP contribution in [0.2, 0.25) is 0 Å². The van der Waals surface area contributed by atoms with Crippen LogP contribution in [0, 0.1) is 10.1 Å². The molecular weight excluding hydrogens is 304 g/mol. The summed E-state index contributed by atoms with van der Waals surface area (Å²) >= 11 is 3.13. The number of aliphatic hydroxyl groups excluding tert-OH is 2. The first kappa shape index (κ1) is 15.0. The maximum Gasteiger partial charge on any atom is 0.276 e. The van der Waals surface area contributed by atoms with Crippen molar-refractivity contribution in [1.82, 2.24) is 5.32 Å². The van der Waals surface area contributed by atoms with Crippen molar-refractivity contribution < 1.29 is 15.1 Å². The summed E-state index contributed by atoms with van der Waals surface area (Å²) in [7, 11) is 1.72. The number of halogens is 1. The fourth-order valence-corrected chi connectivity index (χ4v) is 1.93. The van der Waals surface area contributed by atoms with Crippen molar-refractivity contribution in [2.75, 3.05) is 13.6 Å². The van der Waals surface area contributed by atoms with Crippen LogP contribution in [-0.4, -0.2) is 34.8 Å². The number of aliphatic hydroxyl groups is 2. The molecule has 0 saturated carbocycles. The van der Waals surface area contributed by atoms with Gasteiger partial charge in [-0.3, -0.25) is 10.1 Å². The molecular formula is C11H15BrN2O4. The van der Waals surface area contributed by atoms with E-state index in [0.717, 1.165) is 0 Å². The van der Waals surface area contributed by atoms with Gasteiger partial charge in [0.1, 0.15) is 6.10 Å². The lowest BCUT2D eigenvalue weighted by Gasteiger charge is -2.18. The van der Waals surface area contributed by atoms with Gasteiger partial charge in [-0.15, -0.1) is 0 Å². The van der Waals surface area contributed by atoms with Crippen molar-refractivity contribution in [3.63, 3.8) is 0 Å². The molecule has 0 aliphatic heterocycles. The van der Waals surface area contributed by atoms with Crippen LogP contribution in [0.1, 0.15) is 18.1 Å². The van der Waals surface area contributed by atoms with Crippen molar-refractivity contribution in [1.29, 1.82) is 0 Å². The van der Waals surface area contributed by atoms with Gasteiger partial charge < -0.3 is 15.5 Å². The molecule has 6 nitrogen and oxygen atoms in total. The zero-order valence-electron chi connectivity index (χ0n) is 9.84. The lowest BCUT2D eigenvalue weighted by Crippen LogP contribution is -2.23. The summed E-state index contributed by atoms with van der Waals surface area (Å²) in [6, 6.07) is 4.34. The van der Waals surface area contributed by atoms with Crippen LogP contribution in [0.15, 0.2) is 22.7 Å². The highest BCUT2D eigenvalue weighted by Crippen LogP contribution is 2.30. The van der Waals surface area contributed by atoms with E-state index in [1.807, 2.05) is 0 Å². The van der Waals surface area contributed by atoms with Gasteiger partial charge in [0.05, 0.1) is 16.6 Å². The average molecular weight is 319 g/mol. The molecule has 0 bridgehead atoms. The quantitative estimate of drug-likeness (QED) is 0.543. The van der Waals surface area contributed by atoms with E-state index >= 15 is 0 Å². The topological polar surface area (TPSA) is 95.6 Å². The molecule has 0 heterocycles. The number of nitro groups is 1. The second-order valence-corrected chi connectivity index (χ2v) is 4.78. The highest BCUT2D eigenvalue weighted by Gasteiger charge is 2.26. The van der Waals surface area contributed by atoms with Crippen molar-refractivity contribution in [2.45, 2.75) is 18.6 Å². The Hall–Kier alpha value is -1.02. The fourth-order valence-electron chi connectivity index (χ4n) is 1.58. The molecule has 0 amide bonds. The molecule has 2 unspecified atom stereocenters. The lowest BCUT2D eigenvalue weighted by molar-refractivity contribution is -0.386. The minimum atomic E-state index is -1.27. The van der Waals surface area contributed by atoms with Gasteiger partial charge in [0.2, 0.25) is 0 Å². The van der Waals surface area contributed by atoms with Crippen LogP contribution in [0.4, 0.5) is 5.69 Å². The molecule has 0 saturated heterocycles. The zero-order valence-corrected chi connectivity index (χ0v) is 11.4. The van der Waals surface area contributed by atoms with Crippen LogP contribution in [-0.2, 0) is 0 Å². The van der Waals surface area contributed by atoms with Crippen molar-refractivity contribution in [3.8, 4) is 0 Å². The average Bonchev–Trinajstić information content (AvgIpc) is 2.34. The van der Waals surface area contributed by atoms with Gasteiger partial charge in [0, 0.05) is 10.5 Å². The molecule has 18 heavy (non-hydrogen) atoms. The van der Waals surface area contributed by atoms with Gasteiger partial charge in [0.15, 0.2) is 0 Å². The molecule has 0 radical (unpaired) electrons. The largest absolute Gasteiger partial charge is 0.390 e. The highest BCUT2D eigenvalue weighted by molar-refractivity contribution is 9.10. The molecule has 3 N–H and O–H groups in total. The number of benzene rings is 1. The Labute approximate surface area is 113 Å². The summed E-state index contributed by atoms with van der Waals surface area (Å²) in [5.41, 5.74) is -0.0906. The number of hydrogen-bond acceptors (Lipinski definition) is 5. The smallest absolute Gasteiger partial charge is 0.276 e. The second-order valence-electron chi connectivity index (χ2n) is 3.86. The number of rotatable bonds is 6. The third-order valence-electron chi connectivity index (χ3n) is 2.56. The molecule has 7 heteroatoms. The summed E-state index contributed by atoms with van der Waals surface area (Å²) in [6.45, 7) is 0.516. The Bertz CT molecular complexity index is 428. The molecule has 1 aromatic rings. The first-order valence-electron chi connectivity index (χ1n) is 5.42. The van der Waals surface area contributed by atoms with E-state index in [2.05, 4.69) is 21.2 Å². The number of nitrogens with zero attached hydrogens (tertiary/aromatic N) is 1. The maximum atomic E-state index is 10.9. The second kappa shape index (κ2) is 6.79. The molecule has 0 fully saturated rings. The standard InChI is InChI=1S/C11H15BrN2O4/c1-13-5-4-10(15)11(16)8-3-2-7(12)6-9(8)14(17)18/h2-3,6,10-11,13,15-16H,4-5H2,1H3. The first-order valence-corrected chi connectivity index (χ1v) is 6.21. The van der Waals surface area contributed by atoms with Crippen molar-refractivity contribution in [2.24, 2.45) is 0 Å². The maximum absolute atomic E-state index is 10.9. The third kappa shape index (κ3) is 3.74. The van der Waals surface area contributed by atoms with Crippen LogP contribution in [0.25, 0.3) is 0 Å². The van der Waals surface area contributed by atoms with Crippen LogP contribution >= 0.6 is 15.9 Å². The number of nitro benzene ring substituents is 1.